The average molecular weight is 265 g/mol. The molecule has 1 saturated carbocycles. The van der Waals surface area contributed by atoms with E-state index in [1.54, 1.807) is 6.92 Å². The number of rotatable bonds is 4. The standard InChI is InChI=1S/C13H19N3O3/c1-9-7-14-12(13(19)16(9)8-11(17)18)15-10-5-3-2-4-6-10/h7,10H,2-6,8H2,1H3,(H,14,15)(H,17,18). The van der Waals surface area contributed by atoms with Crippen LogP contribution >= 0.6 is 0 Å². The average Bonchev–Trinajstić information content (AvgIpc) is 2.39. The van der Waals surface area contributed by atoms with Gasteiger partial charge in [0.25, 0.3) is 5.56 Å². The lowest BCUT2D eigenvalue weighted by atomic mass is 9.95. The number of carboxylic acid groups (broad SMARTS) is 1. The zero-order chi connectivity index (χ0) is 13.8. The highest BCUT2D eigenvalue weighted by Crippen LogP contribution is 2.19. The van der Waals surface area contributed by atoms with Gasteiger partial charge in [-0.05, 0) is 19.8 Å². The van der Waals surface area contributed by atoms with Crippen molar-refractivity contribution < 1.29 is 9.90 Å². The van der Waals surface area contributed by atoms with E-state index in [-0.39, 0.29) is 24.0 Å². The van der Waals surface area contributed by atoms with E-state index in [0.717, 1.165) is 25.7 Å². The van der Waals surface area contributed by atoms with Crippen LogP contribution in [0.1, 0.15) is 37.8 Å². The van der Waals surface area contributed by atoms with Crippen molar-refractivity contribution in [3.63, 3.8) is 0 Å². The molecule has 0 amide bonds. The molecule has 6 nitrogen and oxygen atoms in total. The predicted octanol–water partition coefficient (Wildman–Crippen LogP) is 1.38. The summed E-state index contributed by atoms with van der Waals surface area (Å²) in [5.74, 6) is -0.765. The predicted molar refractivity (Wildman–Crippen MR) is 71.4 cm³/mol. The number of aryl methyl sites for hydroxylation is 1. The lowest BCUT2D eigenvalue weighted by Crippen LogP contribution is -2.32. The topological polar surface area (TPSA) is 84.2 Å². The number of anilines is 1. The molecule has 2 rings (SSSR count). The number of carboxylic acids is 1. The number of nitrogens with one attached hydrogen (secondary N) is 1. The fourth-order valence-electron chi connectivity index (χ4n) is 2.44. The van der Waals surface area contributed by atoms with Crippen LogP contribution in [-0.4, -0.2) is 26.7 Å². The summed E-state index contributed by atoms with van der Waals surface area (Å²) in [4.78, 5) is 27.0. The molecule has 1 fully saturated rings. The molecule has 0 radical (unpaired) electrons. The van der Waals surface area contributed by atoms with Crippen LogP contribution in [0.2, 0.25) is 0 Å². The smallest absolute Gasteiger partial charge is 0.323 e. The lowest BCUT2D eigenvalue weighted by molar-refractivity contribution is -0.137. The molecular weight excluding hydrogens is 246 g/mol. The summed E-state index contributed by atoms with van der Waals surface area (Å²) >= 11 is 0. The van der Waals surface area contributed by atoms with E-state index in [2.05, 4.69) is 10.3 Å². The molecule has 1 aromatic heterocycles. The fourth-order valence-corrected chi connectivity index (χ4v) is 2.44. The molecule has 2 N–H and O–H groups in total. The quantitative estimate of drug-likeness (QED) is 0.859. The second-order valence-electron chi connectivity index (χ2n) is 5.01. The van der Waals surface area contributed by atoms with Gasteiger partial charge < -0.3 is 10.4 Å². The monoisotopic (exact) mass is 265 g/mol. The number of nitrogens with zero attached hydrogens (tertiary/aromatic N) is 2. The van der Waals surface area contributed by atoms with Gasteiger partial charge in [-0.25, -0.2) is 4.98 Å². The van der Waals surface area contributed by atoms with Crippen LogP contribution in [0.5, 0.6) is 0 Å². The molecule has 104 valence electrons. The summed E-state index contributed by atoms with van der Waals surface area (Å²) in [6, 6.07) is 0.273. The van der Waals surface area contributed by atoms with Crippen LogP contribution in [0.4, 0.5) is 5.82 Å². The summed E-state index contributed by atoms with van der Waals surface area (Å²) in [5, 5.41) is 12.0. The van der Waals surface area contributed by atoms with Crippen LogP contribution in [-0.2, 0) is 11.3 Å². The molecule has 1 aliphatic carbocycles. The van der Waals surface area contributed by atoms with Gasteiger partial charge in [0.1, 0.15) is 6.54 Å². The first kappa shape index (κ1) is 13.6. The number of aliphatic carboxylic acids is 1. The van der Waals surface area contributed by atoms with Gasteiger partial charge in [0, 0.05) is 17.9 Å². The van der Waals surface area contributed by atoms with Crippen LogP contribution in [0, 0.1) is 6.92 Å². The van der Waals surface area contributed by atoms with Crippen molar-refractivity contribution in [2.24, 2.45) is 0 Å². The number of hydrogen-bond acceptors (Lipinski definition) is 4. The molecule has 0 bridgehead atoms. The second-order valence-corrected chi connectivity index (χ2v) is 5.01. The van der Waals surface area contributed by atoms with E-state index in [4.69, 9.17) is 5.11 Å². The molecule has 1 aliphatic rings. The van der Waals surface area contributed by atoms with Gasteiger partial charge in [-0.15, -0.1) is 0 Å². The molecule has 1 aromatic rings. The Morgan fingerprint density at radius 1 is 1.47 bits per heavy atom. The van der Waals surface area contributed by atoms with Crippen molar-refractivity contribution in [1.82, 2.24) is 9.55 Å². The van der Waals surface area contributed by atoms with Gasteiger partial charge in [0.15, 0.2) is 5.82 Å². The summed E-state index contributed by atoms with van der Waals surface area (Å²) in [7, 11) is 0. The minimum atomic E-state index is -1.03. The van der Waals surface area contributed by atoms with Gasteiger partial charge in [0.05, 0.1) is 0 Å². The third-order valence-electron chi connectivity index (χ3n) is 3.49. The Bertz CT molecular complexity index is 518. The number of hydrogen-bond donors (Lipinski definition) is 2. The van der Waals surface area contributed by atoms with Crippen molar-refractivity contribution in [2.75, 3.05) is 5.32 Å². The zero-order valence-corrected chi connectivity index (χ0v) is 11.1. The van der Waals surface area contributed by atoms with Crippen molar-refractivity contribution in [1.29, 1.82) is 0 Å². The lowest BCUT2D eigenvalue weighted by Gasteiger charge is -2.23. The van der Waals surface area contributed by atoms with E-state index in [1.807, 2.05) is 0 Å². The van der Waals surface area contributed by atoms with E-state index in [9.17, 15) is 9.59 Å². The SMILES string of the molecule is Cc1cnc(NC2CCCCC2)c(=O)n1CC(=O)O. The molecule has 0 aromatic carbocycles. The molecule has 0 unspecified atom stereocenters. The number of aromatic nitrogens is 2. The van der Waals surface area contributed by atoms with Gasteiger partial charge in [-0.3, -0.25) is 14.2 Å². The van der Waals surface area contributed by atoms with Crippen LogP contribution in [0.3, 0.4) is 0 Å². The van der Waals surface area contributed by atoms with Crippen molar-refractivity contribution in [3.05, 3.63) is 22.2 Å². The Morgan fingerprint density at radius 2 is 2.16 bits per heavy atom. The normalized spacial score (nSPS) is 16.3. The van der Waals surface area contributed by atoms with Gasteiger partial charge >= 0.3 is 5.97 Å². The van der Waals surface area contributed by atoms with Gasteiger partial charge in [0.2, 0.25) is 0 Å². The Balaban J connectivity index is 2.21. The summed E-state index contributed by atoms with van der Waals surface area (Å²) in [6.45, 7) is 1.36. The molecule has 0 atom stereocenters. The van der Waals surface area contributed by atoms with Crippen molar-refractivity contribution in [2.45, 2.75) is 51.6 Å². The first-order valence-corrected chi connectivity index (χ1v) is 6.62. The molecule has 0 spiro atoms. The minimum Gasteiger partial charge on any atom is -0.480 e. The summed E-state index contributed by atoms with van der Waals surface area (Å²) in [6.07, 6.45) is 7.17. The van der Waals surface area contributed by atoms with E-state index >= 15 is 0 Å². The van der Waals surface area contributed by atoms with E-state index in [0.29, 0.717) is 5.69 Å². The molecule has 0 saturated heterocycles. The van der Waals surface area contributed by atoms with Crippen LogP contribution < -0.4 is 10.9 Å². The Morgan fingerprint density at radius 3 is 2.79 bits per heavy atom. The highest BCUT2D eigenvalue weighted by Gasteiger charge is 2.17. The molecule has 19 heavy (non-hydrogen) atoms. The first-order valence-electron chi connectivity index (χ1n) is 6.62. The van der Waals surface area contributed by atoms with E-state index < -0.39 is 5.97 Å². The van der Waals surface area contributed by atoms with Crippen LogP contribution in [0.15, 0.2) is 11.0 Å². The Kier molecular flexibility index (Phi) is 4.19. The largest absolute Gasteiger partial charge is 0.480 e. The molecule has 6 heteroatoms. The van der Waals surface area contributed by atoms with Crippen molar-refractivity contribution in [3.8, 4) is 0 Å². The van der Waals surface area contributed by atoms with Crippen LogP contribution in [0.25, 0.3) is 0 Å². The highest BCUT2D eigenvalue weighted by atomic mass is 16.4. The van der Waals surface area contributed by atoms with Crippen molar-refractivity contribution >= 4 is 11.8 Å². The maximum absolute atomic E-state index is 12.2. The maximum Gasteiger partial charge on any atom is 0.323 e. The Hall–Kier alpha value is -1.85. The molecule has 0 aliphatic heterocycles. The maximum atomic E-state index is 12.2. The zero-order valence-electron chi connectivity index (χ0n) is 11.1. The number of carbonyl (C=O) groups is 1. The third kappa shape index (κ3) is 3.33. The Labute approximate surface area is 111 Å². The summed E-state index contributed by atoms with van der Waals surface area (Å²) in [5.41, 5.74) is 0.203. The minimum absolute atomic E-state index is 0.263. The highest BCUT2D eigenvalue weighted by molar-refractivity contribution is 5.66. The van der Waals surface area contributed by atoms with Gasteiger partial charge in [-0.1, -0.05) is 19.3 Å². The van der Waals surface area contributed by atoms with E-state index in [1.165, 1.54) is 17.2 Å². The molecule has 1 heterocycles. The summed E-state index contributed by atoms with van der Waals surface area (Å²) < 4.78 is 1.24. The fraction of sp³-hybridized carbons (Fsp3) is 0.615. The molecular formula is C13H19N3O3. The second kappa shape index (κ2) is 5.86. The van der Waals surface area contributed by atoms with Gasteiger partial charge in [-0.2, -0.15) is 0 Å². The third-order valence-corrected chi connectivity index (χ3v) is 3.49. The first-order chi connectivity index (χ1) is 9.08.